The molecule has 0 bridgehead atoms. The number of hydrogen-bond donors (Lipinski definition) is 2. The summed E-state index contributed by atoms with van der Waals surface area (Å²) < 4.78 is 0. The summed E-state index contributed by atoms with van der Waals surface area (Å²) in [6.45, 7) is 4.39. The number of benzene rings is 3. The lowest BCUT2D eigenvalue weighted by Gasteiger charge is -2.23. The molecule has 176 valence electrons. The van der Waals surface area contributed by atoms with Gasteiger partial charge in [0.25, 0.3) is 5.91 Å². The molecule has 35 heavy (non-hydrogen) atoms. The van der Waals surface area contributed by atoms with Gasteiger partial charge in [0, 0.05) is 41.4 Å². The second-order valence-corrected chi connectivity index (χ2v) is 9.98. The second kappa shape index (κ2) is 9.43. The lowest BCUT2D eigenvalue weighted by atomic mass is 9.84. The predicted molar refractivity (Wildman–Crippen MR) is 144 cm³/mol. The third kappa shape index (κ3) is 4.59. The van der Waals surface area contributed by atoms with Crippen LogP contribution in [0.3, 0.4) is 0 Å². The van der Waals surface area contributed by atoms with E-state index in [0.717, 1.165) is 33.2 Å². The summed E-state index contributed by atoms with van der Waals surface area (Å²) in [6, 6.07) is 23.9. The second-order valence-electron chi connectivity index (χ2n) is 9.02. The molecule has 0 spiro atoms. The number of fused-ring (bicyclic) bond motifs is 2. The smallest absolute Gasteiger partial charge is 0.271 e. The molecule has 7 heteroatoms. The van der Waals surface area contributed by atoms with Crippen molar-refractivity contribution in [3.05, 3.63) is 101 Å². The first-order chi connectivity index (χ1) is 16.9. The van der Waals surface area contributed by atoms with Gasteiger partial charge in [-0.15, -0.1) is 0 Å². The molecule has 0 fully saturated rings. The molecule has 3 aromatic carbocycles. The maximum Gasteiger partial charge on any atom is 0.271 e. The van der Waals surface area contributed by atoms with Crippen molar-refractivity contribution in [2.75, 3.05) is 11.9 Å². The summed E-state index contributed by atoms with van der Waals surface area (Å²) >= 11 is 1.64. The third-order valence-electron chi connectivity index (χ3n) is 6.37. The number of amides is 1. The van der Waals surface area contributed by atoms with Gasteiger partial charge < -0.3 is 9.88 Å². The average molecular weight is 482 g/mol. The van der Waals surface area contributed by atoms with Crippen molar-refractivity contribution in [1.82, 2.24) is 15.4 Å². The molecule has 2 N–H and O–H groups in total. The molecule has 1 aromatic heterocycles. The standard InChI is InChI=1S/C28H27N5OS/c1-28(2)21-8-4-7-11-24(21)33(3)25(28)16-17-29-32-26(34)20-14-12-19(13-15-20)18-35-27-30-22-9-5-6-10-23(22)31-27/h4-17H,18H2,1-3H3,(H,30,31)(H,32,34). The highest BCUT2D eigenvalue weighted by Crippen LogP contribution is 2.46. The molecule has 1 amide bonds. The minimum atomic E-state index is -0.238. The maximum absolute atomic E-state index is 12.5. The summed E-state index contributed by atoms with van der Waals surface area (Å²) in [5, 5.41) is 5.03. The average Bonchev–Trinajstić information content (AvgIpc) is 3.37. The summed E-state index contributed by atoms with van der Waals surface area (Å²) in [4.78, 5) is 22.6. The Kier molecular flexibility index (Phi) is 6.17. The molecule has 0 saturated carbocycles. The first-order valence-electron chi connectivity index (χ1n) is 11.5. The number of rotatable bonds is 6. The highest BCUT2D eigenvalue weighted by Gasteiger charge is 2.37. The van der Waals surface area contributed by atoms with Crippen LogP contribution in [-0.4, -0.2) is 29.1 Å². The molecule has 5 rings (SSSR count). The van der Waals surface area contributed by atoms with Crippen LogP contribution in [0.15, 0.2) is 94.8 Å². The number of hydrogen-bond acceptors (Lipinski definition) is 5. The first-order valence-corrected chi connectivity index (χ1v) is 12.5. The fourth-order valence-corrected chi connectivity index (χ4v) is 5.31. The quantitative estimate of drug-likeness (QED) is 0.205. The minimum Gasteiger partial charge on any atom is -0.347 e. The van der Waals surface area contributed by atoms with Crippen LogP contribution in [0.2, 0.25) is 0 Å². The summed E-state index contributed by atoms with van der Waals surface area (Å²) in [6.07, 6.45) is 3.61. The van der Waals surface area contributed by atoms with Gasteiger partial charge in [-0.05, 0) is 47.5 Å². The van der Waals surface area contributed by atoms with E-state index in [1.54, 1.807) is 18.0 Å². The van der Waals surface area contributed by atoms with Gasteiger partial charge in [-0.2, -0.15) is 5.10 Å². The van der Waals surface area contributed by atoms with Crippen LogP contribution < -0.4 is 10.3 Å². The van der Waals surface area contributed by atoms with Gasteiger partial charge in [0.1, 0.15) is 0 Å². The van der Waals surface area contributed by atoms with E-state index in [9.17, 15) is 4.79 Å². The number of carbonyl (C=O) groups excluding carboxylic acids is 1. The zero-order valence-corrected chi connectivity index (χ0v) is 20.8. The normalized spacial score (nSPS) is 15.7. The Labute approximate surface area is 209 Å². The Morgan fingerprint density at radius 2 is 1.83 bits per heavy atom. The Bertz CT molecular complexity index is 1400. The van der Waals surface area contributed by atoms with Crippen LogP contribution in [0.5, 0.6) is 0 Å². The largest absolute Gasteiger partial charge is 0.347 e. The van der Waals surface area contributed by atoms with Crippen molar-refractivity contribution in [3.63, 3.8) is 0 Å². The van der Waals surface area contributed by atoms with Gasteiger partial charge in [0.15, 0.2) is 5.16 Å². The van der Waals surface area contributed by atoms with Crippen LogP contribution in [-0.2, 0) is 11.2 Å². The van der Waals surface area contributed by atoms with Gasteiger partial charge in [0.2, 0.25) is 0 Å². The number of anilines is 1. The molecular formula is C28H27N5OS. The molecule has 0 aliphatic carbocycles. The SMILES string of the molecule is CN1C(=CC=NNC(=O)c2ccc(CSc3nc4ccccc4[nH]3)cc2)C(C)(C)c2ccccc21. The van der Waals surface area contributed by atoms with E-state index in [-0.39, 0.29) is 11.3 Å². The number of thioether (sulfide) groups is 1. The molecule has 0 radical (unpaired) electrons. The zero-order chi connectivity index (χ0) is 24.4. The monoisotopic (exact) mass is 481 g/mol. The number of hydrazone groups is 1. The Morgan fingerprint density at radius 3 is 2.60 bits per heavy atom. The number of aromatic amines is 1. The van der Waals surface area contributed by atoms with Crippen molar-refractivity contribution in [3.8, 4) is 0 Å². The number of nitrogens with zero attached hydrogens (tertiary/aromatic N) is 3. The molecule has 0 saturated heterocycles. The number of imidazole rings is 1. The summed E-state index contributed by atoms with van der Waals surface area (Å²) in [5.74, 6) is 0.525. The van der Waals surface area contributed by atoms with Gasteiger partial charge in [-0.1, -0.05) is 68.1 Å². The number of para-hydroxylation sites is 3. The van der Waals surface area contributed by atoms with Crippen molar-refractivity contribution >= 4 is 40.6 Å². The van der Waals surface area contributed by atoms with Crippen LogP contribution in [0.1, 0.15) is 35.3 Å². The molecule has 2 heterocycles. The van der Waals surface area contributed by atoms with E-state index < -0.39 is 0 Å². The number of likely N-dealkylation sites (N-methyl/N-ethyl adjacent to an activating group) is 1. The van der Waals surface area contributed by atoms with E-state index >= 15 is 0 Å². The number of H-pyrrole nitrogens is 1. The number of allylic oxidation sites excluding steroid dienone is 2. The lowest BCUT2D eigenvalue weighted by molar-refractivity contribution is 0.0955. The van der Waals surface area contributed by atoms with Gasteiger partial charge >= 0.3 is 0 Å². The Balaban J connectivity index is 1.17. The van der Waals surface area contributed by atoms with Gasteiger partial charge in [-0.25, -0.2) is 10.4 Å². The van der Waals surface area contributed by atoms with Gasteiger partial charge in [0.05, 0.1) is 11.0 Å². The van der Waals surface area contributed by atoms with E-state index in [2.05, 4.69) is 64.5 Å². The fourth-order valence-electron chi connectivity index (χ4n) is 4.47. The van der Waals surface area contributed by atoms with Crippen LogP contribution in [0, 0.1) is 0 Å². The maximum atomic E-state index is 12.5. The highest BCUT2D eigenvalue weighted by atomic mass is 32.2. The van der Waals surface area contributed by atoms with Crippen molar-refractivity contribution in [2.45, 2.75) is 30.2 Å². The number of carbonyl (C=O) groups is 1. The molecule has 0 atom stereocenters. The van der Waals surface area contributed by atoms with Gasteiger partial charge in [-0.3, -0.25) is 4.79 Å². The van der Waals surface area contributed by atoms with Crippen LogP contribution in [0.25, 0.3) is 11.0 Å². The van der Waals surface area contributed by atoms with Crippen LogP contribution in [0.4, 0.5) is 5.69 Å². The first kappa shape index (κ1) is 22.9. The molecule has 4 aromatic rings. The van der Waals surface area contributed by atoms with Crippen LogP contribution >= 0.6 is 11.8 Å². The summed E-state index contributed by atoms with van der Waals surface area (Å²) in [7, 11) is 2.06. The Morgan fingerprint density at radius 1 is 1.09 bits per heavy atom. The number of aromatic nitrogens is 2. The molecular weight excluding hydrogens is 454 g/mol. The fraction of sp³-hybridized carbons (Fsp3) is 0.179. The van der Waals surface area contributed by atoms with E-state index in [1.807, 2.05) is 60.7 Å². The van der Waals surface area contributed by atoms with E-state index in [4.69, 9.17) is 0 Å². The lowest BCUT2D eigenvalue weighted by Crippen LogP contribution is -2.23. The zero-order valence-electron chi connectivity index (χ0n) is 19.9. The molecule has 1 aliphatic rings. The topological polar surface area (TPSA) is 73.4 Å². The van der Waals surface area contributed by atoms with E-state index in [0.29, 0.717) is 5.56 Å². The van der Waals surface area contributed by atoms with Crippen molar-refractivity contribution < 1.29 is 4.79 Å². The third-order valence-corrected chi connectivity index (χ3v) is 7.32. The van der Waals surface area contributed by atoms with E-state index in [1.165, 1.54) is 11.3 Å². The minimum absolute atomic E-state index is 0.127. The molecule has 6 nitrogen and oxygen atoms in total. The van der Waals surface area contributed by atoms with Crippen molar-refractivity contribution in [2.24, 2.45) is 5.10 Å². The molecule has 1 aliphatic heterocycles. The van der Waals surface area contributed by atoms with Crippen molar-refractivity contribution in [1.29, 1.82) is 0 Å². The predicted octanol–water partition coefficient (Wildman–Crippen LogP) is 5.88. The highest BCUT2D eigenvalue weighted by molar-refractivity contribution is 7.98. The molecule has 0 unspecified atom stereocenters. The number of nitrogens with one attached hydrogen (secondary N) is 2. The Hall–Kier alpha value is -3.84. The summed E-state index contributed by atoms with van der Waals surface area (Å²) in [5.41, 5.74) is 9.78.